The molecule has 2 aromatic carbocycles. The molecule has 8 nitrogen and oxygen atoms in total. The number of methoxy groups -OCH3 is 1. The van der Waals surface area contributed by atoms with Gasteiger partial charge in [-0.25, -0.2) is 22.4 Å². The van der Waals surface area contributed by atoms with Crippen LogP contribution in [0.1, 0.15) is 4.88 Å². The van der Waals surface area contributed by atoms with E-state index in [1.807, 2.05) is 0 Å². The maximum atomic E-state index is 14.3. The standard InChI is InChI=1S/C19H18FNO3S2.C4H4O4/c1-21-12-14-11-17(16-8-3-4-9-18(16)20)19(25-14)26(22,23)15-7-5-6-13(10-15)24-2;5-3(6)1-2-4(7)8/h3-11,21H,12H2,1-2H3;1-2H,(H,5,6)(H,7,8). The highest BCUT2D eigenvalue weighted by Crippen LogP contribution is 2.39. The van der Waals surface area contributed by atoms with Crippen LogP contribution in [0.15, 0.2) is 75.9 Å². The number of carboxylic acids is 2. The Labute approximate surface area is 199 Å². The van der Waals surface area contributed by atoms with E-state index < -0.39 is 27.6 Å². The van der Waals surface area contributed by atoms with E-state index in [4.69, 9.17) is 14.9 Å². The lowest BCUT2D eigenvalue weighted by Gasteiger charge is -2.08. The van der Waals surface area contributed by atoms with E-state index in [0.717, 1.165) is 16.2 Å². The first kappa shape index (κ1) is 26.7. The molecule has 180 valence electrons. The van der Waals surface area contributed by atoms with E-state index in [1.54, 1.807) is 43.4 Å². The first-order valence-electron chi connectivity index (χ1n) is 9.65. The molecule has 0 amide bonds. The summed E-state index contributed by atoms with van der Waals surface area (Å²) in [6.07, 6.45) is 1.12. The Hall–Kier alpha value is -3.54. The monoisotopic (exact) mass is 507 g/mol. The van der Waals surface area contributed by atoms with Gasteiger partial charge in [0, 0.05) is 34.7 Å². The van der Waals surface area contributed by atoms with Gasteiger partial charge in [-0.15, -0.1) is 11.3 Å². The van der Waals surface area contributed by atoms with Crippen LogP contribution >= 0.6 is 11.3 Å². The molecule has 34 heavy (non-hydrogen) atoms. The van der Waals surface area contributed by atoms with Crippen molar-refractivity contribution in [3.63, 3.8) is 0 Å². The number of ether oxygens (including phenoxy) is 1. The summed E-state index contributed by atoms with van der Waals surface area (Å²) in [7, 11) is -0.565. The second-order valence-corrected chi connectivity index (χ2v) is 9.90. The van der Waals surface area contributed by atoms with Crippen LogP contribution in [0.25, 0.3) is 11.1 Å². The third kappa shape index (κ3) is 6.98. The van der Waals surface area contributed by atoms with Crippen LogP contribution < -0.4 is 10.1 Å². The number of hydrogen-bond acceptors (Lipinski definition) is 7. The summed E-state index contributed by atoms with van der Waals surface area (Å²) in [6, 6.07) is 14.2. The van der Waals surface area contributed by atoms with E-state index >= 15 is 0 Å². The molecule has 0 saturated heterocycles. The fraction of sp³-hybridized carbons (Fsp3) is 0.130. The van der Waals surface area contributed by atoms with Crippen LogP contribution in [0.3, 0.4) is 0 Å². The fourth-order valence-corrected chi connectivity index (χ4v) is 5.93. The molecule has 0 saturated carbocycles. The summed E-state index contributed by atoms with van der Waals surface area (Å²) >= 11 is 1.14. The molecule has 0 fully saturated rings. The minimum Gasteiger partial charge on any atom is -0.497 e. The van der Waals surface area contributed by atoms with Gasteiger partial charge in [-0.2, -0.15) is 0 Å². The Bertz CT molecular complexity index is 1280. The van der Waals surface area contributed by atoms with Crippen LogP contribution in [0.4, 0.5) is 4.39 Å². The smallest absolute Gasteiger partial charge is 0.328 e. The molecular formula is C23H22FNO7S2. The second kappa shape index (κ2) is 12.1. The van der Waals surface area contributed by atoms with Gasteiger partial charge in [0.1, 0.15) is 15.8 Å². The second-order valence-electron chi connectivity index (χ2n) is 6.62. The van der Waals surface area contributed by atoms with Gasteiger partial charge in [0.25, 0.3) is 0 Å². The van der Waals surface area contributed by atoms with E-state index in [0.29, 0.717) is 30.0 Å². The third-order valence-corrected chi connectivity index (χ3v) is 7.65. The number of carboxylic acid groups (broad SMARTS) is 2. The zero-order valence-corrected chi connectivity index (χ0v) is 19.8. The summed E-state index contributed by atoms with van der Waals surface area (Å²) in [5, 5.41) is 18.6. The van der Waals surface area contributed by atoms with Crippen LogP contribution in [-0.4, -0.2) is 44.7 Å². The number of carbonyl (C=O) groups is 2. The quantitative estimate of drug-likeness (QED) is 0.392. The highest BCUT2D eigenvalue weighted by molar-refractivity contribution is 7.93. The molecule has 0 bridgehead atoms. The van der Waals surface area contributed by atoms with E-state index in [2.05, 4.69) is 5.32 Å². The summed E-state index contributed by atoms with van der Waals surface area (Å²) in [4.78, 5) is 20.0. The Morgan fingerprint density at radius 1 is 1.03 bits per heavy atom. The normalized spacial score (nSPS) is 11.0. The molecule has 0 aliphatic rings. The minimum atomic E-state index is -3.82. The highest BCUT2D eigenvalue weighted by Gasteiger charge is 2.27. The van der Waals surface area contributed by atoms with Crippen molar-refractivity contribution in [1.29, 1.82) is 0 Å². The van der Waals surface area contributed by atoms with E-state index in [-0.39, 0.29) is 14.7 Å². The van der Waals surface area contributed by atoms with Crippen LogP contribution in [0.5, 0.6) is 5.75 Å². The average molecular weight is 508 g/mol. The maximum absolute atomic E-state index is 14.3. The summed E-state index contributed by atoms with van der Waals surface area (Å²) in [5.74, 6) is -2.52. The average Bonchev–Trinajstić information content (AvgIpc) is 3.23. The molecule has 0 atom stereocenters. The predicted molar refractivity (Wildman–Crippen MR) is 125 cm³/mol. The molecule has 1 heterocycles. The van der Waals surface area contributed by atoms with Crippen molar-refractivity contribution in [3.8, 4) is 16.9 Å². The number of hydrogen-bond donors (Lipinski definition) is 3. The number of aliphatic carboxylic acids is 2. The molecule has 0 unspecified atom stereocenters. The zero-order valence-electron chi connectivity index (χ0n) is 18.2. The molecule has 0 radical (unpaired) electrons. The number of halogens is 1. The van der Waals surface area contributed by atoms with Crippen molar-refractivity contribution >= 4 is 33.1 Å². The van der Waals surface area contributed by atoms with Gasteiger partial charge >= 0.3 is 11.9 Å². The number of thiophene rings is 1. The Morgan fingerprint density at radius 2 is 1.68 bits per heavy atom. The number of benzene rings is 2. The number of nitrogens with one attached hydrogen (secondary N) is 1. The topological polar surface area (TPSA) is 130 Å². The maximum Gasteiger partial charge on any atom is 0.328 e. The summed E-state index contributed by atoms with van der Waals surface area (Å²) in [5.41, 5.74) is 0.647. The van der Waals surface area contributed by atoms with Crippen molar-refractivity contribution in [2.45, 2.75) is 15.6 Å². The lowest BCUT2D eigenvalue weighted by atomic mass is 10.1. The molecule has 0 aliphatic carbocycles. The van der Waals surface area contributed by atoms with Gasteiger partial charge in [0.2, 0.25) is 9.84 Å². The fourth-order valence-electron chi connectivity index (χ4n) is 2.77. The lowest BCUT2D eigenvalue weighted by molar-refractivity contribution is -0.134. The summed E-state index contributed by atoms with van der Waals surface area (Å²) in [6.45, 7) is 0.500. The molecule has 3 rings (SSSR count). The minimum absolute atomic E-state index is 0.118. The first-order chi connectivity index (χ1) is 16.1. The van der Waals surface area contributed by atoms with Gasteiger partial charge in [0.15, 0.2) is 0 Å². The van der Waals surface area contributed by atoms with Gasteiger partial charge in [0.05, 0.1) is 12.0 Å². The SMILES string of the molecule is CNCc1cc(-c2ccccc2F)c(S(=O)(=O)c2cccc(OC)c2)s1.O=C(O)C=CC(=O)O. The molecular weight excluding hydrogens is 485 g/mol. The van der Waals surface area contributed by atoms with Gasteiger partial charge in [-0.05, 0) is 37.4 Å². The van der Waals surface area contributed by atoms with Crippen molar-refractivity contribution in [3.05, 3.63) is 77.4 Å². The first-order valence-corrected chi connectivity index (χ1v) is 12.0. The van der Waals surface area contributed by atoms with Crippen LogP contribution in [0.2, 0.25) is 0 Å². The Morgan fingerprint density at radius 3 is 2.24 bits per heavy atom. The van der Waals surface area contributed by atoms with E-state index in [1.165, 1.54) is 25.3 Å². The molecule has 11 heteroatoms. The molecule has 3 N–H and O–H groups in total. The molecule has 0 spiro atoms. The van der Waals surface area contributed by atoms with E-state index in [9.17, 15) is 22.4 Å². The van der Waals surface area contributed by atoms with Crippen molar-refractivity contribution in [2.24, 2.45) is 0 Å². The Kier molecular flexibility index (Phi) is 9.48. The van der Waals surface area contributed by atoms with Gasteiger partial charge < -0.3 is 20.3 Å². The Balaban J connectivity index is 0.000000440. The largest absolute Gasteiger partial charge is 0.497 e. The van der Waals surface area contributed by atoms with Gasteiger partial charge in [-0.1, -0.05) is 24.3 Å². The molecule has 1 aromatic heterocycles. The zero-order chi connectivity index (χ0) is 25.3. The van der Waals surface area contributed by atoms with Gasteiger partial charge in [-0.3, -0.25) is 0 Å². The van der Waals surface area contributed by atoms with Crippen LogP contribution in [0, 0.1) is 5.82 Å². The van der Waals surface area contributed by atoms with Crippen molar-refractivity contribution in [2.75, 3.05) is 14.2 Å². The molecule has 3 aromatic rings. The van der Waals surface area contributed by atoms with Crippen LogP contribution in [-0.2, 0) is 26.0 Å². The molecule has 0 aliphatic heterocycles. The lowest BCUT2D eigenvalue weighted by Crippen LogP contribution is -2.03. The third-order valence-electron chi connectivity index (χ3n) is 4.23. The van der Waals surface area contributed by atoms with Crippen molar-refractivity contribution < 1.29 is 37.3 Å². The highest BCUT2D eigenvalue weighted by atomic mass is 32.2. The number of sulfone groups is 1. The van der Waals surface area contributed by atoms with Crippen molar-refractivity contribution in [1.82, 2.24) is 5.32 Å². The summed E-state index contributed by atoms with van der Waals surface area (Å²) < 4.78 is 46.1. The number of rotatable bonds is 8. The predicted octanol–water partition coefficient (Wildman–Crippen LogP) is 3.83.